The molecule has 1 unspecified atom stereocenters. The van der Waals surface area contributed by atoms with E-state index >= 15 is 0 Å². The first-order valence-corrected chi connectivity index (χ1v) is 10.7. The molecule has 154 valence electrons. The SMILES string of the molecule is CCCn1ncc(C(=O)N2CCC3(CCN(CCc4ccccc4)C3=O)C2)c1C. The van der Waals surface area contributed by atoms with E-state index in [0.29, 0.717) is 18.7 Å². The van der Waals surface area contributed by atoms with Crippen LogP contribution in [0.25, 0.3) is 0 Å². The Kier molecular flexibility index (Phi) is 5.43. The molecule has 0 bridgehead atoms. The van der Waals surface area contributed by atoms with Gasteiger partial charge in [-0.05, 0) is 38.2 Å². The van der Waals surface area contributed by atoms with Gasteiger partial charge in [0.15, 0.2) is 0 Å². The third kappa shape index (κ3) is 3.68. The van der Waals surface area contributed by atoms with Crippen molar-refractivity contribution in [2.45, 2.75) is 46.1 Å². The van der Waals surface area contributed by atoms with Gasteiger partial charge in [0.05, 0.1) is 17.2 Å². The van der Waals surface area contributed by atoms with Crippen molar-refractivity contribution in [3.05, 3.63) is 53.3 Å². The Morgan fingerprint density at radius 1 is 1.14 bits per heavy atom. The zero-order valence-corrected chi connectivity index (χ0v) is 17.4. The van der Waals surface area contributed by atoms with Crippen molar-refractivity contribution in [2.24, 2.45) is 5.41 Å². The van der Waals surface area contributed by atoms with Gasteiger partial charge in [0, 0.05) is 38.4 Å². The number of carbonyl (C=O) groups excluding carboxylic acids is 2. The van der Waals surface area contributed by atoms with Gasteiger partial charge in [-0.3, -0.25) is 14.3 Å². The molecule has 2 fully saturated rings. The molecule has 2 aliphatic rings. The van der Waals surface area contributed by atoms with E-state index in [4.69, 9.17) is 0 Å². The number of hydrogen-bond acceptors (Lipinski definition) is 3. The molecule has 2 saturated heterocycles. The van der Waals surface area contributed by atoms with E-state index in [1.165, 1.54) is 5.56 Å². The van der Waals surface area contributed by atoms with E-state index in [1.54, 1.807) is 6.20 Å². The predicted octanol–water partition coefficient (Wildman–Crippen LogP) is 2.91. The van der Waals surface area contributed by atoms with Crippen LogP contribution in [-0.2, 0) is 17.8 Å². The van der Waals surface area contributed by atoms with E-state index in [9.17, 15) is 9.59 Å². The second-order valence-corrected chi connectivity index (χ2v) is 8.40. The quantitative estimate of drug-likeness (QED) is 0.757. The molecule has 4 rings (SSSR count). The minimum absolute atomic E-state index is 0.0114. The summed E-state index contributed by atoms with van der Waals surface area (Å²) in [5.41, 5.74) is 2.45. The van der Waals surface area contributed by atoms with Crippen molar-refractivity contribution in [3.8, 4) is 0 Å². The first-order valence-electron chi connectivity index (χ1n) is 10.7. The van der Waals surface area contributed by atoms with Crippen molar-refractivity contribution in [1.29, 1.82) is 0 Å². The Bertz CT molecular complexity index is 892. The Labute approximate surface area is 172 Å². The second kappa shape index (κ2) is 8.01. The van der Waals surface area contributed by atoms with Crippen LogP contribution in [0.15, 0.2) is 36.5 Å². The smallest absolute Gasteiger partial charge is 0.257 e. The maximum absolute atomic E-state index is 13.2. The summed E-state index contributed by atoms with van der Waals surface area (Å²) >= 11 is 0. The van der Waals surface area contributed by atoms with E-state index in [1.807, 2.05) is 39.6 Å². The lowest BCUT2D eigenvalue weighted by molar-refractivity contribution is -0.135. The molecule has 2 amide bonds. The van der Waals surface area contributed by atoms with Crippen LogP contribution in [0.1, 0.15) is 47.8 Å². The molecule has 29 heavy (non-hydrogen) atoms. The Balaban J connectivity index is 1.39. The zero-order chi connectivity index (χ0) is 20.4. The topological polar surface area (TPSA) is 58.4 Å². The standard InChI is InChI=1S/C23H30N4O2/c1-3-12-27-18(2)20(16-24-27)21(28)26-15-11-23(17-26)10-14-25(22(23)29)13-9-19-7-5-4-6-8-19/h4-8,16H,3,9-15,17H2,1-2H3. The number of amides is 2. The predicted molar refractivity (Wildman–Crippen MR) is 112 cm³/mol. The summed E-state index contributed by atoms with van der Waals surface area (Å²) in [4.78, 5) is 30.1. The fourth-order valence-electron chi connectivity index (χ4n) is 4.70. The maximum Gasteiger partial charge on any atom is 0.257 e. The average molecular weight is 395 g/mol. The van der Waals surface area contributed by atoms with Gasteiger partial charge in [0.1, 0.15) is 0 Å². The average Bonchev–Trinajstić information content (AvgIpc) is 3.42. The van der Waals surface area contributed by atoms with E-state index in [-0.39, 0.29) is 17.2 Å². The fraction of sp³-hybridized carbons (Fsp3) is 0.522. The lowest BCUT2D eigenvalue weighted by Crippen LogP contribution is -2.39. The highest BCUT2D eigenvalue weighted by Gasteiger charge is 2.51. The molecule has 6 nitrogen and oxygen atoms in total. The van der Waals surface area contributed by atoms with Gasteiger partial charge in [-0.2, -0.15) is 5.10 Å². The van der Waals surface area contributed by atoms with Gasteiger partial charge in [-0.25, -0.2) is 0 Å². The summed E-state index contributed by atoms with van der Waals surface area (Å²) in [6.45, 7) is 7.59. The van der Waals surface area contributed by atoms with Crippen molar-refractivity contribution in [3.63, 3.8) is 0 Å². The maximum atomic E-state index is 13.2. The van der Waals surface area contributed by atoms with Crippen LogP contribution < -0.4 is 0 Å². The van der Waals surface area contributed by atoms with Gasteiger partial charge >= 0.3 is 0 Å². The van der Waals surface area contributed by atoms with Gasteiger partial charge < -0.3 is 9.80 Å². The molecular formula is C23H30N4O2. The van der Waals surface area contributed by atoms with E-state index in [0.717, 1.165) is 51.0 Å². The Hall–Kier alpha value is -2.63. The van der Waals surface area contributed by atoms with Crippen LogP contribution in [0.2, 0.25) is 0 Å². The molecule has 1 atom stereocenters. The molecule has 0 saturated carbocycles. The molecule has 2 aromatic rings. The number of hydrogen-bond donors (Lipinski definition) is 0. The number of aryl methyl sites for hydroxylation is 1. The number of aromatic nitrogens is 2. The van der Waals surface area contributed by atoms with Crippen LogP contribution in [0.4, 0.5) is 0 Å². The van der Waals surface area contributed by atoms with Gasteiger partial charge in [0.2, 0.25) is 5.91 Å². The first-order chi connectivity index (χ1) is 14.0. The normalized spacial score (nSPS) is 21.5. The fourth-order valence-corrected chi connectivity index (χ4v) is 4.70. The molecule has 3 heterocycles. The highest BCUT2D eigenvalue weighted by molar-refractivity contribution is 5.96. The van der Waals surface area contributed by atoms with Crippen LogP contribution in [0.5, 0.6) is 0 Å². The molecule has 1 aromatic heterocycles. The van der Waals surface area contributed by atoms with Crippen molar-refractivity contribution < 1.29 is 9.59 Å². The molecule has 6 heteroatoms. The molecule has 0 radical (unpaired) electrons. The summed E-state index contributed by atoms with van der Waals surface area (Å²) in [6, 6.07) is 10.3. The number of carbonyl (C=O) groups is 2. The Morgan fingerprint density at radius 3 is 2.66 bits per heavy atom. The summed E-state index contributed by atoms with van der Waals surface area (Å²) in [7, 11) is 0. The van der Waals surface area contributed by atoms with Crippen LogP contribution in [-0.4, -0.2) is 57.6 Å². The molecule has 0 aliphatic carbocycles. The number of rotatable bonds is 6. The first kappa shape index (κ1) is 19.7. The summed E-state index contributed by atoms with van der Waals surface area (Å²) < 4.78 is 1.89. The van der Waals surface area contributed by atoms with Crippen LogP contribution in [0, 0.1) is 12.3 Å². The minimum atomic E-state index is -0.389. The molecule has 1 aromatic carbocycles. The largest absolute Gasteiger partial charge is 0.342 e. The second-order valence-electron chi connectivity index (χ2n) is 8.40. The molecule has 1 spiro atoms. The van der Waals surface area contributed by atoms with Crippen LogP contribution in [0.3, 0.4) is 0 Å². The summed E-state index contributed by atoms with van der Waals surface area (Å²) in [5.74, 6) is 0.236. The zero-order valence-electron chi connectivity index (χ0n) is 17.4. The molecular weight excluding hydrogens is 364 g/mol. The van der Waals surface area contributed by atoms with Gasteiger partial charge in [0.25, 0.3) is 5.91 Å². The summed E-state index contributed by atoms with van der Waals surface area (Å²) in [5, 5.41) is 4.36. The third-order valence-electron chi connectivity index (χ3n) is 6.52. The van der Waals surface area contributed by atoms with Gasteiger partial charge in [-0.1, -0.05) is 37.3 Å². The number of benzene rings is 1. The van der Waals surface area contributed by atoms with Crippen molar-refractivity contribution in [1.82, 2.24) is 19.6 Å². The number of likely N-dealkylation sites (tertiary alicyclic amines) is 2. The monoisotopic (exact) mass is 394 g/mol. The number of nitrogens with zero attached hydrogens (tertiary/aromatic N) is 4. The highest BCUT2D eigenvalue weighted by atomic mass is 16.2. The van der Waals surface area contributed by atoms with E-state index < -0.39 is 0 Å². The summed E-state index contributed by atoms with van der Waals surface area (Å²) in [6.07, 6.45) is 5.15. The van der Waals surface area contributed by atoms with Gasteiger partial charge in [-0.15, -0.1) is 0 Å². The minimum Gasteiger partial charge on any atom is -0.342 e. The Morgan fingerprint density at radius 2 is 1.90 bits per heavy atom. The van der Waals surface area contributed by atoms with E-state index in [2.05, 4.69) is 24.2 Å². The van der Waals surface area contributed by atoms with Crippen molar-refractivity contribution >= 4 is 11.8 Å². The van der Waals surface area contributed by atoms with Crippen molar-refractivity contribution in [2.75, 3.05) is 26.2 Å². The lowest BCUT2D eigenvalue weighted by atomic mass is 9.85. The molecule has 2 aliphatic heterocycles. The molecule has 0 N–H and O–H groups in total. The lowest BCUT2D eigenvalue weighted by Gasteiger charge is -2.23. The third-order valence-corrected chi connectivity index (χ3v) is 6.52. The van der Waals surface area contributed by atoms with Crippen LogP contribution >= 0.6 is 0 Å². The highest BCUT2D eigenvalue weighted by Crippen LogP contribution is 2.41.